The molecule has 33 heavy (non-hydrogen) atoms. The quantitative estimate of drug-likeness (QED) is 0.547. The third-order valence-corrected chi connectivity index (χ3v) is 6.27. The Bertz CT molecular complexity index is 1170. The molecule has 1 saturated heterocycles. The van der Waals surface area contributed by atoms with Gasteiger partial charge in [-0.05, 0) is 48.4 Å². The minimum absolute atomic E-state index is 0.0109. The molecule has 1 N–H and O–H groups in total. The van der Waals surface area contributed by atoms with Crippen molar-refractivity contribution in [3.05, 3.63) is 96.1 Å². The Hall–Kier alpha value is -3.52. The average molecular weight is 466 g/mol. The van der Waals surface area contributed by atoms with Gasteiger partial charge in [0.15, 0.2) is 5.17 Å². The molecule has 0 aromatic heterocycles. The van der Waals surface area contributed by atoms with Crippen molar-refractivity contribution in [2.24, 2.45) is 4.99 Å². The van der Waals surface area contributed by atoms with Gasteiger partial charge in [-0.15, -0.1) is 0 Å². The van der Waals surface area contributed by atoms with E-state index in [9.17, 15) is 18.4 Å². The molecule has 2 amide bonds. The molecule has 1 unspecified atom stereocenters. The van der Waals surface area contributed by atoms with Crippen molar-refractivity contribution in [2.45, 2.75) is 18.1 Å². The third-order valence-electron chi connectivity index (χ3n) is 5.08. The molecule has 168 valence electrons. The molecule has 3 aromatic rings. The Morgan fingerprint density at radius 2 is 1.70 bits per heavy atom. The van der Waals surface area contributed by atoms with E-state index in [2.05, 4.69) is 10.3 Å². The van der Waals surface area contributed by atoms with Gasteiger partial charge in [-0.3, -0.25) is 14.5 Å². The number of anilines is 1. The summed E-state index contributed by atoms with van der Waals surface area (Å²) < 4.78 is 27.5. The number of aliphatic imine (C=N–C) groups is 1. The van der Waals surface area contributed by atoms with Crippen molar-refractivity contribution in [1.82, 2.24) is 4.90 Å². The molecule has 1 heterocycles. The number of carbonyl (C=O) groups excluding carboxylic acids is 2. The minimum Gasteiger partial charge on any atom is -0.325 e. The number of thioether (sulfide) groups is 1. The van der Waals surface area contributed by atoms with Crippen molar-refractivity contribution in [3.8, 4) is 0 Å². The predicted molar refractivity (Wildman–Crippen MR) is 126 cm³/mol. The number of halogens is 2. The van der Waals surface area contributed by atoms with Crippen LogP contribution in [0.2, 0.25) is 0 Å². The van der Waals surface area contributed by atoms with Gasteiger partial charge in [-0.1, -0.05) is 54.2 Å². The highest BCUT2D eigenvalue weighted by molar-refractivity contribution is 8.15. The Morgan fingerprint density at radius 1 is 1.00 bits per heavy atom. The number of carbonyl (C=O) groups is 2. The Labute approximate surface area is 194 Å². The number of nitrogens with one attached hydrogen (secondary N) is 1. The van der Waals surface area contributed by atoms with Gasteiger partial charge < -0.3 is 5.32 Å². The summed E-state index contributed by atoms with van der Waals surface area (Å²) in [6, 6.07) is 21.0. The lowest BCUT2D eigenvalue weighted by atomic mass is 10.1. The summed E-state index contributed by atoms with van der Waals surface area (Å²) in [5.41, 5.74) is 1.56. The molecule has 0 bridgehead atoms. The molecular weight excluding hydrogens is 444 g/mol. The standard InChI is InChI=1S/C25H21F2N3O2S/c26-18-12-10-17(11-13-18)14-15-30-23(31)16-22(24(32)28-19-6-2-1-3-7-19)33-25(30)29-21-9-5-4-8-20(21)27/h1-13,22H,14-16H2,(H,28,32). The molecular formula is C25H21F2N3O2S. The molecule has 8 heteroatoms. The smallest absolute Gasteiger partial charge is 0.238 e. The van der Waals surface area contributed by atoms with Crippen molar-refractivity contribution < 1.29 is 18.4 Å². The van der Waals surface area contributed by atoms with Gasteiger partial charge in [-0.2, -0.15) is 0 Å². The summed E-state index contributed by atoms with van der Waals surface area (Å²) in [7, 11) is 0. The van der Waals surface area contributed by atoms with Crippen LogP contribution >= 0.6 is 11.8 Å². The average Bonchev–Trinajstić information content (AvgIpc) is 2.81. The van der Waals surface area contributed by atoms with Crippen molar-refractivity contribution in [2.75, 3.05) is 11.9 Å². The number of benzene rings is 3. The summed E-state index contributed by atoms with van der Waals surface area (Å²) >= 11 is 1.13. The monoisotopic (exact) mass is 465 g/mol. The van der Waals surface area contributed by atoms with E-state index in [1.807, 2.05) is 6.07 Å². The molecule has 0 aliphatic carbocycles. The van der Waals surface area contributed by atoms with E-state index in [1.165, 1.54) is 29.2 Å². The maximum absolute atomic E-state index is 14.3. The van der Waals surface area contributed by atoms with Gasteiger partial charge in [0, 0.05) is 18.7 Å². The van der Waals surface area contributed by atoms with Crippen molar-refractivity contribution in [3.63, 3.8) is 0 Å². The largest absolute Gasteiger partial charge is 0.325 e. The summed E-state index contributed by atoms with van der Waals surface area (Å²) in [5, 5.41) is 2.36. The molecule has 1 fully saturated rings. The molecule has 1 aliphatic heterocycles. The second-order valence-corrected chi connectivity index (χ2v) is 8.60. The minimum atomic E-state index is -0.703. The zero-order valence-corrected chi connectivity index (χ0v) is 18.4. The number of rotatable bonds is 6. The van der Waals surface area contributed by atoms with E-state index in [4.69, 9.17) is 0 Å². The first-order valence-corrected chi connectivity index (χ1v) is 11.3. The maximum Gasteiger partial charge on any atom is 0.238 e. The zero-order valence-electron chi connectivity index (χ0n) is 17.6. The molecule has 1 aliphatic rings. The molecule has 0 saturated carbocycles. The van der Waals surface area contributed by atoms with E-state index >= 15 is 0 Å². The fourth-order valence-corrected chi connectivity index (χ4v) is 4.46. The van der Waals surface area contributed by atoms with Crippen LogP contribution in [0.3, 0.4) is 0 Å². The van der Waals surface area contributed by atoms with Crippen molar-refractivity contribution in [1.29, 1.82) is 0 Å². The summed E-state index contributed by atoms with van der Waals surface area (Å²) in [4.78, 5) is 31.7. The normalized spacial score (nSPS) is 17.3. The van der Waals surface area contributed by atoms with E-state index in [-0.39, 0.29) is 41.5 Å². The lowest BCUT2D eigenvalue weighted by Gasteiger charge is -2.32. The number of amidine groups is 1. The van der Waals surface area contributed by atoms with E-state index < -0.39 is 11.1 Å². The first kappa shape index (κ1) is 22.7. The predicted octanol–water partition coefficient (Wildman–Crippen LogP) is 5.17. The summed E-state index contributed by atoms with van der Waals surface area (Å²) in [6.07, 6.45) is 0.451. The summed E-state index contributed by atoms with van der Waals surface area (Å²) in [6.45, 7) is 0.276. The highest BCUT2D eigenvalue weighted by Crippen LogP contribution is 2.31. The summed E-state index contributed by atoms with van der Waals surface area (Å²) in [5.74, 6) is -1.46. The van der Waals surface area contributed by atoms with Crippen LogP contribution in [0.5, 0.6) is 0 Å². The first-order valence-electron chi connectivity index (χ1n) is 10.4. The number of hydrogen-bond acceptors (Lipinski definition) is 4. The molecule has 0 spiro atoms. The van der Waals surface area contributed by atoms with Gasteiger partial charge >= 0.3 is 0 Å². The number of para-hydroxylation sites is 2. The Balaban J connectivity index is 1.56. The van der Waals surface area contributed by atoms with Crippen LogP contribution in [0.25, 0.3) is 0 Å². The molecule has 5 nitrogen and oxygen atoms in total. The van der Waals surface area contributed by atoms with Crippen LogP contribution in [0.15, 0.2) is 83.9 Å². The van der Waals surface area contributed by atoms with Crippen LogP contribution < -0.4 is 5.32 Å². The fourth-order valence-electron chi connectivity index (χ4n) is 3.34. The number of nitrogens with zero attached hydrogens (tertiary/aromatic N) is 2. The van der Waals surface area contributed by atoms with Crippen LogP contribution in [-0.4, -0.2) is 33.7 Å². The molecule has 0 radical (unpaired) electrons. The zero-order chi connectivity index (χ0) is 23.2. The van der Waals surface area contributed by atoms with Gasteiger partial charge in [0.25, 0.3) is 0 Å². The van der Waals surface area contributed by atoms with Gasteiger partial charge in [0.2, 0.25) is 11.8 Å². The second-order valence-electron chi connectivity index (χ2n) is 7.43. The van der Waals surface area contributed by atoms with Crippen molar-refractivity contribution >= 4 is 40.1 Å². The Kier molecular flexibility index (Phi) is 7.14. The van der Waals surface area contributed by atoms with Crippen LogP contribution in [0, 0.1) is 11.6 Å². The molecule has 1 atom stereocenters. The topological polar surface area (TPSA) is 61.8 Å². The van der Waals surface area contributed by atoms with Gasteiger partial charge in [0.1, 0.15) is 22.6 Å². The number of hydrogen-bond donors (Lipinski definition) is 1. The van der Waals surface area contributed by atoms with Gasteiger partial charge in [-0.25, -0.2) is 13.8 Å². The van der Waals surface area contributed by atoms with E-state index in [1.54, 1.807) is 48.5 Å². The SMILES string of the molecule is O=C(Nc1ccccc1)C1CC(=O)N(CCc2ccc(F)cc2)C(=Nc2ccccc2F)S1. The van der Waals surface area contributed by atoms with Crippen LogP contribution in [0.1, 0.15) is 12.0 Å². The molecule has 3 aromatic carbocycles. The second kappa shape index (κ2) is 10.4. The van der Waals surface area contributed by atoms with E-state index in [0.29, 0.717) is 12.1 Å². The van der Waals surface area contributed by atoms with Crippen LogP contribution in [-0.2, 0) is 16.0 Å². The van der Waals surface area contributed by atoms with E-state index in [0.717, 1.165) is 17.3 Å². The maximum atomic E-state index is 14.3. The molecule has 4 rings (SSSR count). The Morgan fingerprint density at radius 3 is 2.42 bits per heavy atom. The highest BCUT2D eigenvalue weighted by atomic mass is 32.2. The number of amides is 2. The highest BCUT2D eigenvalue weighted by Gasteiger charge is 2.36. The van der Waals surface area contributed by atoms with Gasteiger partial charge in [0.05, 0.1) is 0 Å². The van der Waals surface area contributed by atoms with Crippen LogP contribution in [0.4, 0.5) is 20.2 Å². The lowest BCUT2D eigenvalue weighted by Crippen LogP contribution is -2.46. The fraction of sp³-hybridized carbons (Fsp3) is 0.160. The third kappa shape index (κ3) is 5.84. The first-order chi connectivity index (χ1) is 16.0. The lowest BCUT2D eigenvalue weighted by molar-refractivity contribution is -0.129.